The van der Waals surface area contributed by atoms with Crippen LogP contribution in [0.25, 0.3) is 0 Å². The summed E-state index contributed by atoms with van der Waals surface area (Å²) >= 11 is 0. The van der Waals surface area contributed by atoms with Crippen LogP contribution < -0.4 is 5.32 Å². The first kappa shape index (κ1) is 15.6. The van der Waals surface area contributed by atoms with E-state index in [-0.39, 0.29) is 18.0 Å². The van der Waals surface area contributed by atoms with Crippen molar-refractivity contribution in [3.63, 3.8) is 0 Å². The van der Waals surface area contributed by atoms with E-state index >= 15 is 0 Å². The van der Waals surface area contributed by atoms with Crippen molar-refractivity contribution >= 4 is 17.3 Å². The molecule has 1 N–H and O–H groups in total. The molecule has 1 amide bonds. The smallest absolute Gasteiger partial charge is 0.306 e. The van der Waals surface area contributed by atoms with E-state index in [1.54, 1.807) is 0 Å². The van der Waals surface area contributed by atoms with Crippen molar-refractivity contribution in [3.05, 3.63) is 69.5 Å². The van der Waals surface area contributed by atoms with Gasteiger partial charge in [-0.05, 0) is 31.0 Å². The molecule has 114 valence electrons. The molecule has 0 atom stereocenters. The van der Waals surface area contributed by atoms with Crippen LogP contribution in [0.4, 0.5) is 15.8 Å². The number of benzene rings is 2. The zero-order valence-corrected chi connectivity index (χ0v) is 12.0. The van der Waals surface area contributed by atoms with Crippen LogP contribution >= 0.6 is 0 Å². The van der Waals surface area contributed by atoms with Gasteiger partial charge in [0.1, 0.15) is 0 Å². The fourth-order valence-electron chi connectivity index (χ4n) is 1.97. The van der Waals surface area contributed by atoms with E-state index in [1.807, 2.05) is 31.2 Å². The van der Waals surface area contributed by atoms with E-state index in [4.69, 9.17) is 0 Å². The average Bonchev–Trinajstić information content (AvgIpc) is 2.48. The molecule has 0 fully saturated rings. The number of aryl methyl sites for hydroxylation is 2. The fourth-order valence-corrected chi connectivity index (χ4v) is 1.97. The number of amides is 1. The maximum atomic E-state index is 13.2. The molecule has 0 aliphatic carbocycles. The molecule has 2 rings (SSSR count). The molecule has 0 heterocycles. The maximum Gasteiger partial charge on any atom is 0.306 e. The fraction of sp³-hybridized carbons (Fsp3) is 0.188. The summed E-state index contributed by atoms with van der Waals surface area (Å²) in [5.74, 6) is -1.20. The highest BCUT2D eigenvalue weighted by molar-refractivity contribution is 5.91. The highest BCUT2D eigenvalue weighted by Gasteiger charge is 2.15. The Bertz CT molecular complexity index is 699. The van der Waals surface area contributed by atoms with Gasteiger partial charge in [-0.2, -0.15) is 4.39 Å². The molecule has 0 unspecified atom stereocenters. The second-order valence-corrected chi connectivity index (χ2v) is 4.96. The van der Waals surface area contributed by atoms with Gasteiger partial charge in [-0.15, -0.1) is 0 Å². The number of carbonyl (C=O) groups excluding carboxylic acids is 1. The first-order chi connectivity index (χ1) is 10.5. The first-order valence-electron chi connectivity index (χ1n) is 6.75. The molecular weight excluding hydrogens is 287 g/mol. The Morgan fingerprint density at radius 3 is 2.55 bits per heavy atom. The van der Waals surface area contributed by atoms with Gasteiger partial charge in [0.2, 0.25) is 11.7 Å². The predicted molar refractivity (Wildman–Crippen MR) is 81.2 cm³/mol. The molecule has 22 heavy (non-hydrogen) atoms. The summed E-state index contributed by atoms with van der Waals surface area (Å²) in [6.07, 6.45) is 0.809. The lowest BCUT2D eigenvalue weighted by molar-refractivity contribution is -0.387. The summed E-state index contributed by atoms with van der Waals surface area (Å²) < 4.78 is 13.2. The molecule has 0 saturated heterocycles. The minimum Gasteiger partial charge on any atom is -0.326 e. The van der Waals surface area contributed by atoms with Crippen LogP contribution in [0.2, 0.25) is 0 Å². The molecule has 6 heteroatoms. The largest absolute Gasteiger partial charge is 0.326 e. The summed E-state index contributed by atoms with van der Waals surface area (Å²) in [6.45, 7) is 1.98. The van der Waals surface area contributed by atoms with Crippen molar-refractivity contribution in [3.8, 4) is 0 Å². The van der Waals surface area contributed by atoms with Crippen molar-refractivity contribution in [1.82, 2.24) is 0 Å². The summed E-state index contributed by atoms with van der Waals surface area (Å²) in [5.41, 5.74) is 1.73. The zero-order valence-electron chi connectivity index (χ0n) is 12.0. The van der Waals surface area contributed by atoms with Crippen LogP contribution in [0.5, 0.6) is 0 Å². The number of nitro groups is 1. The third-order valence-electron chi connectivity index (χ3n) is 3.19. The van der Waals surface area contributed by atoms with Gasteiger partial charge in [0.25, 0.3) is 0 Å². The van der Waals surface area contributed by atoms with Gasteiger partial charge in [0.05, 0.1) is 4.92 Å². The molecular formula is C16H15FN2O3. The van der Waals surface area contributed by atoms with Gasteiger partial charge in [-0.3, -0.25) is 14.9 Å². The third-order valence-corrected chi connectivity index (χ3v) is 3.19. The SMILES string of the molecule is Cc1ccc(CCC(=O)Nc2ccc(F)c([N+](=O)[O-])c2)cc1. The number of halogens is 1. The van der Waals surface area contributed by atoms with Crippen LogP contribution in [0.3, 0.4) is 0 Å². The van der Waals surface area contributed by atoms with E-state index < -0.39 is 16.4 Å². The lowest BCUT2D eigenvalue weighted by Gasteiger charge is -2.06. The minimum absolute atomic E-state index is 0.210. The second kappa shape index (κ2) is 6.80. The zero-order chi connectivity index (χ0) is 16.1. The monoisotopic (exact) mass is 302 g/mol. The van der Waals surface area contributed by atoms with Crippen molar-refractivity contribution in [2.45, 2.75) is 19.8 Å². The summed E-state index contributed by atoms with van der Waals surface area (Å²) in [7, 11) is 0. The molecule has 2 aromatic carbocycles. The predicted octanol–water partition coefficient (Wildman–Crippen LogP) is 3.61. The molecule has 2 aromatic rings. The van der Waals surface area contributed by atoms with Crippen LogP contribution in [-0.4, -0.2) is 10.8 Å². The van der Waals surface area contributed by atoms with Gasteiger partial charge in [0, 0.05) is 18.2 Å². The van der Waals surface area contributed by atoms with E-state index in [2.05, 4.69) is 5.32 Å². The summed E-state index contributed by atoms with van der Waals surface area (Å²) in [4.78, 5) is 21.7. The van der Waals surface area contributed by atoms with Crippen molar-refractivity contribution in [1.29, 1.82) is 0 Å². The Morgan fingerprint density at radius 2 is 1.91 bits per heavy atom. The van der Waals surface area contributed by atoms with Crippen LogP contribution in [0, 0.1) is 22.9 Å². The molecule has 0 aliphatic rings. The Hall–Kier alpha value is -2.76. The molecule has 0 aromatic heterocycles. The number of carbonyl (C=O) groups is 1. The molecule has 5 nitrogen and oxygen atoms in total. The topological polar surface area (TPSA) is 72.2 Å². The van der Waals surface area contributed by atoms with Gasteiger partial charge >= 0.3 is 5.69 Å². The lowest BCUT2D eigenvalue weighted by atomic mass is 10.1. The lowest BCUT2D eigenvalue weighted by Crippen LogP contribution is -2.12. The maximum absolute atomic E-state index is 13.2. The summed E-state index contributed by atoms with van der Waals surface area (Å²) in [6, 6.07) is 11.1. The number of rotatable bonds is 5. The molecule has 0 bridgehead atoms. The second-order valence-electron chi connectivity index (χ2n) is 4.96. The van der Waals surface area contributed by atoms with E-state index in [0.717, 1.165) is 23.3 Å². The van der Waals surface area contributed by atoms with Crippen LogP contribution in [0.1, 0.15) is 17.5 Å². The Morgan fingerprint density at radius 1 is 1.23 bits per heavy atom. The Balaban J connectivity index is 1.96. The average molecular weight is 302 g/mol. The van der Waals surface area contributed by atoms with Gasteiger partial charge < -0.3 is 5.32 Å². The molecule has 0 saturated carbocycles. The number of nitrogens with one attached hydrogen (secondary N) is 1. The first-order valence-corrected chi connectivity index (χ1v) is 6.75. The van der Waals surface area contributed by atoms with Crippen molar-refractivity contribution in [2.75, 3.05) is 5.32 Å². The number of hydrogen-bond donors (Lipinski definition) is 1. The van der Waals surface area contributed by atoms with Crippen molar-refractivity contribution in [2.24, 2.45) is 0 Å². The standard InChI is InChI=1S/C16H15FN2O3/c1-11-2-4-12(5-3-11)6-9-16(20)18-13-7-8-14(17)15(10-13)19(21)22/h2-5,7-8,10H,6,9H2,1H3,(H,18,20). The Labute approximate surface area is 126 Å². The number of hydrogen-bond acceptors (Lipinski definition) is 3. The van der Waals surface area contributed by atoms with E-state index in [0.29, 0.717) is 6.42 Å². The highest BCUT2D eigenvalue weighted by atomic mass is 19.1. The summed E-state index contributed by atoms with van der Waals surface area (Å²) in [5, 5.41) is 13.2. The van der Waals surface area contributed by atoms with Crippen LogP contribution in [0.15, 0.2) is 42.5 Å². The quantitative estimate of drug-likeness (QED) is 0.677. The van der Waals surface area contributed by atoms with Gasteiger partial charge in [-0.25, -0.2) is 0 Å². The molecule has 0 spiro atoms. The number of nitrogens with zero attached hydrogens (tertiary/aromatic N) is 1. The van der Waals surface area contributed by atoms with Crippen LogP contribution in [-0.2, 0) is 11.2 Å². The number of nitro benzene ring substituents is 1. The molecule has 0 aliphatic heterocycles. The number of anilines is 1. The van der Waals surface area contributed by atoms with E-state index in [1.165, 1.54) is 6.07 Å². The van der Waals surface area contributed by atoms with Gasteiger partial charge in [0.15, 0.2) is 0 Å². The van der Waals surface area contributed by atoms with Gasteiger partial charge in [-0.1, -0.05) is 29.8 Å². The minimum atomic E-state index is -0.928. The molecule has 0 radical (unpaired) electrons. The van der Waals surface area contributed by atoms with Crippen molar-refractivity contribution < 1.29 is 14.1 Å². The Kier molecular flexibility index (Phi) is 4.83. The van der Waals surface area contributed by atoms with E-state index in [9.17, 15) is 19.3 Å². The third kappa shape index (κ3) is 4.12. The normalized spacial score (nSPS) is 10.3. The highest BCUT2D eigenvalue weighted by Crippen LogP contribution is 2.21.